The Morgan fingerprint density at radius 1 is 1.41 bits per heavy atom. The third kappa shape index (κ3) is 2.53. The number of amides is 1. The van der Waals surface area contributed by atoms with Crippen LogP contribution in [0.4, 0.5) is 5.00 Å². The number of thiophene rings is 1. The first-order chi connectivity index (χ1) is 7.99. The average Bonchev–Trinajstić information content (AvgIpc) is 2.82. The van der Waals surface area contributed by atoms with Gasteiger partial charge in [0.2, 0.25) is 0 Å². The van der Waals surface area contributed by atoms with Crippen LogP contribution >= 0.6 is 35.3 Å². The fourth-order valence-corrected chi connectivity index (χ4v) is 3.45. The largest absolute Gasteiger partial charge is 0.370 e. The lowest BCUT2D eigenvalue weighted by Crippen LogP contribution is -2.22. The highest BCUT2D eigenvalue weighted by Gasteiger charge is 2.28. The monoisotopic (exact) mass is 284 g/mol. The number of carbonyl (C=O) groups is 1. The molecule has 2 heterocycles. The summed E-state index contributed by atoms with van der Waals surface area (Å²) in [6, 6.07) is 4.06. The first kappa shape index (κ1) is 12.6. The molecule has 0 saturated carbocycles. The molecule has 3 nitrogen and oxygen atoms in total. The maximum absolute atomic E-state index is 11.8. The molecule has 1 aliphatic rings. The average molecular weight is 284 g/mol. The number of carbonyl (C=O) groups excluding carboxylic acids is 1. The number of nitrogens with zero attached hydrogens (tertiary/aromatic N) is 2. The van der Waals surface area contributed by atoms with Gasteiger partial charge in [-0.15, -0.1) is 11.3 Å². The molecule has 0 aromatic carbocycles. The van der Waals surface area contributed by atoms with E-state index >= 15 is 0 Å². The van der Waals surface area contributed by atoms with Crippen LogP contribution in [-0.4, -0.2) is 36.3 Å². The highest BCUT2D eigenvalue weighted by molar-refractivity contribution is 8.26. The molecule has 0 bridgehead atoms. The fraction of sp³-hybridized carbons (Fsp3) is 0.273. The lowest BCUT2D eigenvalue weighted by atomic mass is 10.4. The van der Waals surface area contributed by atoms with Gasteiger partial charge in [-0.2, -0.15) is 0 Å². The SMILES string of the molecule is CN1C(=O)/C(=C/c2ccc(N(C)C)s2)SC1=S. The number of hydrogen-bond acceptors (Lipinski definition) is 5. The predicted molar refractivity (Wildman–Crippen MR) is 79.6 cm³/mol. The quantitative estimate of drug-likeness (QED) is 0.615. The van der Waals surface area contributed by atoms with Crippen LogP contribution in [0.5, 0.6) is 0 Å². The van der Waals surface area contributed by atoms with Crippen LogP contribution in [-0.2, 0) is 4.79 Å². The third-order valence-electron chi connectivity index (χ3n) is 2.31. The summed E-state index contributed by atoms with van der Waals surface area (Å²) in [7, 11) is 5.71. The fourth-order valence-electron chi connectivity index (χ4n) is 1.33. The van der Waals surface area contributed by atoms with E-state index < -0.39 is 0 Å². The van der Waals surface area contributed by atoms with Crippen molar-refractivity contribution in [3.8, 4) is 0 Å². The standard InChI is InChI=1S/C11H12N2OS3/c1-12(2)9-5-4-7(16-9)6-8-10(14)13(3)11(15)17-8/h4-6H,1-3H3/b8-6-. The Labute approximate surface area is 114 Å². The molecule has 0 radical (unpaired) electrons. The van der Waals surface area contributed by atoms with E-state index in [-0.39, 0.29) is 5.91 Å². The molecule has 90 valence electrons. The van der Waals surface area contributed by atoms with Crippen molar-refractivity contribution in [2.45, 2.75) is 0 Å². The second-order valence-corrected chi connectivity index (χ2v) is 6.58. The Balaban J connectivity index is 2.25. The Bertz CT molecular complexity index is 505. The smallest absolute Gasteiger partial charge is 0.265 e. The van der Waals surface area contributed by atoms with Gasteiger partial charge in [0.1, 0.15) is 4.32 Å². The number of thioether (sulfide) groups is 1. The second kappa shape index (κ2) is 4.80. The molecule has 1 fully saturated rings. The number of hydrogen-bond donors (Lipinski definition) is 0. The zero-order valence-corrected chi connectivity index (χ0v) is 12.2. The van der Waals surface area contributed by atoms with Crippen molar-refractivity contribution in [2.75, 3.05) is 26.0 Å². The first-order valence-corrected chi connectivity index (χ1v) is 7.02. The van der Waals surface area contributed by atoms with E-state index in [4.69, 9.17) is 12.2 Å². The summed E-state index contributed by atoms with van der Waals surface area (Å²) >= 11 is 8.09. The zero-order chi connectivity index (χ0) is 12.6. The van der Waals surface area contributed by atoms with Gasteiger partial charge >= 0.3 is 0 Å². The van der Waals surface area contributed by atoms with E-state index in [0.29, 0.717) is 9.23 Å². The summed E-state index contributed by atoms with van der Waals surface area (Å²) < 4.78 is 0.616. The Hall–Kier alpha value is -0.850. The van der Waals surface area contributed by atoms with Gasteiger partial charge in [0.25, 0.3) is 5.91 Å². The van der Waals surface area contributed by atoms with Crippen molar-refractivity contribution >= 4 is 56.6 Å². The van der Waals surface area contributed by atoms with Crippen molar-refractivity contribution in [1.29, 1.82) is 0 Å². The molecule has 0 spiro atoms. The van der Waals surface area contributed by atoms with Gasteiger partial charge in [-0.3, -0.25) is 9.69 Å². The summed E-state index contributed by atoms with van der Waals surface area (Å²) in [5.41, 5.74) is 0. The maximum Gasteiger partial charge on any atom is 0.265 e. The number of rotatable bonds is 2. The van der Waals surface area contributed by atoms with Gasteiger partial charge in [-0.1, -0.05) is 24.0 Å². The zero-order valence-electron chi connectivity index (χ0n) is 9.76. The van der Waals surface area contributed by atoms with Crippen LogP contribution < -0.4 is 4.90 Å². The minimum Gasteiger partial charge on any atom is -0.370 e. The second-order valence-electron chi connectivity index (χ2n) is 3.81. The Morgan fingerprint density at radius 2 is 2.12 bits per heavy atom. The van der Waals surface area contributed by atoms with Gasteiger partial charge in [-0.25, -0.2) is 0 Å². The molecule has 0 atom stereocenters. The van der Waals surface area contributed by atoms with Crippen LogP contribution in [0.15, 0.2) is 17.0 Å². The predicted octanol–water partition coefficient (Wildman–Crippen LogP) is 2.65. The summed E-state index contributed by atoms with van der Waals surface area (Å²) in [5.74, 6) is -0.0141. The number of anilines is 1. The molecular weight excluding hydrogens is 272 g/mol. The van der Waals surface area contributed by atoms with Crippen LogP contribution in [0.1, 0.15) is 4.88 Å². The van der Waals surface area contributed by atoms with Gasteiger partial charge in [0.05, 0.1) is 9.91 Å². The Kier molecular flexibility index (Phi) is 3.56. The summed E-state index contributed by atoms with van der Waals surface area (Å²) in [6.07, 6.45) is 1.90. The van der Waals surface area contributed by atoms with Crippen molar-refractivity contribution in [2.24, 2.45) is 0 Å². The van der Waals surface area contributed by atoms with Crippen molar-refractivity contribution < 1.29 is 4.79 Å². The topological polar surface area (TPSA) is 23.6 Å². The van der Waals surface area contributed by atoms with E-state index in [2.05, 4.69) is 0 Å². The highest BCUT2D eigenvalue weighted by atomic mass is 32.2. The van der Waals surface area contributed by atoms with E-state index in [0.717, 1.165) is 4.88 Å². The minimum atomic E-state index is -0.0141. The molecule has 1 saturated heterocycles. The molecule has 6 heteroatoms. The molecule has 1 amide bonds. The lowest BCUT2D eigenvalue weighted by Gasteiger charge is -2.06. The maximum atomic E-state index is 11.8. The molecule has 2 rings (SSSR count). The highest BCUT2D eigenvalue weighted by Crippen LogP contribution is 2.34. The van der Waals surface area contributed by atoms with Crippen LogP contribution in [0.3, 0.4) is 0 Å². The lowest BCUT2D eigenvalue weighted by molar-refractivity contribution is -0.121. The van der Waals surface area contributed by atoms with E-state index in [1.165, 1.54) is 21.7 Å². The van der Waals surface area contributed by atoms with E-state index in [9.17, 15) is 4.79 Å². The summed E-state index contributed by atoms with van der Waals surface area (Å²) in [5, 5.41) is 1.17. The molecule has 0 N–H and O–H groups in total. The van der Waals surface area contributed by atoms with Crippen molar-refractivity contribution in [3.63, 3.8) is 0 Å². The molecule has 1 aliphatic heterocycles. The molecule has 1 aromatic heterocycles. The van der Waals surface area contributed by atoms with Gasteiger partial charge in [-0.05, 0) is 18.2 Å². The molecule has 1 aromatic rings. The first-order valence-electron chi connectivity index (χ1n) is 4.98. The van der Waals surface area contributed by atoms with Gasteiger partial charge in [0, 0.05) is 26.0 Å². The minimum absolute atomic E-state index is 0.0141. The third-order valence-corrected chi connectivity index (χ3v) is 5.00. The molecular formula is C11H12N2OS3. The van der Waals surface area contributed by atoms with Crippen molar-refractivity contribution in [3.05, 3.63) is 21.9 Å². The number of likely N-dealkylation sites (N-methyl/N-ethyl adjacent to an activating group) is 1. The van der Waals surface area contributed by atoms with Gasteiger partial charge < -0.3 is 4.90 Å². The summed E-state index contributed by atoms with van der Waals surface area (Å²) in [6.45, 7) is 0. The summed E-state index contributed by atoms with van der Waals surface area (Å²) in [4.78, 5) is 17.1. The molecule has 17 heavy (non-hydrogen) atoms. The van der Waals surface area contributed by atoms with Crippen LogP contribution in [0.2, 0.25) is 0 Å². The van der Waals surface area contributed by atoms with Crippen molar-refractivity contribution in [1.82, 2.24) is 4.90 Å². The van der Waals surface area contributed by atoms with Crippen LogP contribution in [0.25, 0.3) is 6.08 Å². The van der Waals surface area contributed by atoms with E-state index in [1.54, 1.807) is 18.4 Å². The molecule has 0 aliphatic carbocycles. The molecule has 0 unspecified atom stereocenters. The van der Waals surface area contributed by atoms with Crippen LogP contribution in [0, 0.1) is 0 Å². The van der Waals surface area contributed by atoms with E-state index in [1.807, 2.05) is 37.2 Å². The Morgan fingerprint density at radius 3 is 2.59 bits per heavy atom. The normalized spacial score (nSPS) is 18.3. The van der Waals surface area contributed by atoms with Gasteiger partial charge in [0.15, 0.2) is 0 Å². The number of thiocarbonyl (C=S) groups is 1.